The fourth-order valence-electron chi connectivity index (χ4n) is 2.40. The van der Waals surface area contributed by atoms with E-state index in [2.05, 4.69) is 0 Å². The Morgan fingerprint density at radius 3 is 1.95 bits per heavy atom. The molecule has 0 spiro atoms. The topological polar surface area (TPSA) is 34.1 Å². The standard InChI is InChI=1S/C17H20O2S/c1-11-6-7-13(3)16(9-11)20(18,19)17-10-12(2)8-14(4)15(17)5/h6-10H,1-5H3. The molecule has 0 amide bonds. The highest BCUT2D eigenvalue weighted by Crippen LogP contribution is 2.29. The van der Waals surface area contributed by atoms with E-state index in [1.165, 1.54) is 0 Å². The van der Waals surface area contributed by atoms with Gasteiger partial charge in [-0.1, -0.05) is 18.2 Å². The molecule has 0 unspecified atom stereocenters. The van der Waals surface area contributed by atoms with Crippen LogP contribution in [0.1, 0.15) is 27.8 Å². The third-order valence-electron chi connectivity index (χ3n) is 3.69. The highest BCUT2D eigenvalue weighted by molar-refractivity contribution is 7.91. The van der Waals surface area contributed by atoms with Gasteiger partial charge in [-0.25, -0.2) is 8.42 Å². The van der Waals surface area contributed by atoms with Crippen molar-refractivity contribution in [3.05, 3.63) is 58.1 Å². The summed E-state index contributed by atoms with van der Waals surface area (Å²) in [5.74, 6) is 0. The molecule has 0 atom stereocenters. The van der Waals surface area contributed by atoms with E-state index in [0.717, 1.165) is 27.8 Å². The molecule has 0 heterocycles. The van der Waals surface area contributed by atoms with Gasteiger partial charge >= 0.3 is 0 Å². The lowest BCUT2D eigenvalue weighted by Gasteiger charge is -2.13. The summed E-state index contributed by atoms with van der Waals surface area (Å²) in [5.41, 5.74) is 4.55. The van der Waals surface area contributed by atoms with E-state index in [0.29, 0.717) is 9.79 Å². The smallest absolute Gasteiger partial charge is 0.207 e. The molecule has 3 heteroatoms. The molecule has 0 radical (unpaired) electrons. The van der Waals surface area contributed by atoms with Crippen LogP contribution in [0.15, 0.2) is 40.1 Å². The SMILES string of the molecule is Cc1ccc(C)c(S(=O)(=O)c2cc(C)cc(C)c2C)c1. The van der Waals surface area contributed by atoms with Gasteiger partial charge in [-0.15, -0.1) is 0 Å². The zero-order valence-corrected chi connectivity index (χ0v) is 13.4. The monoisotopic (exact) mass is 288 g/mol. The van der Waals surface area contributed by atoms with Gasteiger partial charge in [0.05, 0.1) is 9.79 Å². The van der Waals surface area contributed by atoms with Crippen LogP contribution in [0.2, 0.25) is 0 Å². The third-order valence-corrected chi connectivity index (χ3v) is 5.71. The zero-order valence-electron chi connectivity index (χ0n) is 12.6. The summed E-state index contributed by atoms with van der Waals surface area (Å²) < 4.78 is 25.9. The Hall–Kier alpha value is -1.61. The van der Waals surface area contributed by atoms with Gasteiger partial charge < -0.3 is 0 Å². The molecule has 0 saturated heterocycles. The molecule has 0 aromatic heterocycles. The van der Waals surface area contributed by atoms with Crippen molar-refractivity contribution in [2.75, 3.05) is 0 Å². The average Bonchev–Trinajstić information content (AvgIpc) is 2.36. The molecule has 20 heavy (non-hydrogen) atoms. The molecular formula is C17H20O2S. The van der Waals surface area contributed by atoms with Crippen molar-refractivity contribution in [3.8, 4) is 0 Å². The Kier molecular flexibility index (Phi) is 3.74. The first-order valence-electron chi connectivity index (χ1n) is 6.63. The first kappa shape index (κ1) is 14.8. The summed E-state index contributed by atoms with van der Waals surface area (Å²) in [6.45, 7) is 9.49. The minimum atomic E-state index is -3.47. The van der Waals surface area contributed by atoms with Crippen LogP contribution in [0.3, 0.4) is 0 Å². The van der Waals surface area contributed by atoms with Crippen molar-refractivity contribution in [2.45, 2.75) is 44.4 Å². The summed E-state index contributed by atoms with van der Waals surface area (Å²) in [4.78, 5) is 0.828. The van der Waals surface area contributed by atoms with Crippen molar-refractivity contribution in [3.63, 3.8) is 0 Å². The lowest BCUT2D eigenvalue weighted by molar-refractivity contribution is 0.594. The molecule has 0 saturated carbocycles. The van der Waals surface area contributed by atoms with E-state index in [9.17, 15) is 8.42 Å². The minimum Gasteiger partial charge on any atom is -0.218 e. The number of hydrogen-bond donors (Lipinski definition) is 0. The van der Waals surface area contributed by atoms with Gasteiger partial charge in [-0.2, -0.15) is 0 Å². The molecule has 0 aliphatic carbocycles. The number of hydrogen-bond acceptors (Lipinski definition) is 2. The lowest BCUT2D eigenvalue weighted by atomic mass is 10.1. The molecule has 0 N–H and O–H groups in total. The Balaban J connectivity index is 2.77. The van der Waals surface area contributed by atoms with Crippen LogP contribution in [0.4, 0.5) is 0 Å². The van der Waals surface area contributed by atoms with Crippen molar-refractivity contribution in [2.24, 2.45) is 0 Å². The summed E-state index contributed by atoms with van der Waals surface area (Å²) in [7, 11) is -3.47. The van der Waals surface area contributed by atoms with Gasteiger partial charge in [-0.3, -0.25) is 0 Å². The van der Waals surface area contributed by atoms with Crippen LogP contribution in [-0.4, -0.2) is 8.42 Å². The Labute approximate surface area is 121 Å². The van der Waals surface area contributed by atoms with E-state index < -0.39 is 9.84 Å². The molecule has 2 rings (SSSR count). The Morgan fingerprint density at radius 2 is 1.30 bits per heavy atom. The maximum Gasteiger partial charge on any atom is 0.207 e. The van der Waals surface area contributed by atoms with E-state index >= 15 is 0 Å². The molecule has 0 aliphatic heterocycles. The summed E-state index contributed by atoms with van der Waals surface area (Å²) in [5, 5.41) is 0. The fraction of sp³-hybridized carbons (Fsp3) is 0.294. The van der Waals surface area contributed by atoms with Gasteiger partial charge in [0, 0.05) is 0 Å². The van der Waals surface area contributed by atoms with Crippen molar-refractivity contribution in [1.29, 1.82) is 0 Å². The molecule has 2 aromatic rings. The van der Waals surface area contributed by atoms with Crippen LogP contribution >= 0.6 is 0 Å². The maximum atomic E-state index is 12.9. The number of sulfone groups is 1. The van der Waals surface area contributed by atoms with E-state index in [-0.39, 0.29) is 0 Å². The molecular weight excluding hydrogens is 268 g/mol. The predicted octanol–water partition coefficient (Wildman–Crippen LogP) is 4.06. The number of rotatable bonds is 2. The average molecular weight is 288 g/mol. The Bertz CT molecular complexity index is 772. The molecule has 0 fully saturated rings. The normalized spacial score (nSPS) is 11.7. The van der Waals surface area contributed by atoms with Crippen molar-refractivity contribution >= 4 is 9.84 Å². The first-order chi connectivity index (χ1) is 9.23. The van der Waals surface area contributed by atoms with Crippen molar-refractivity contribution in [1.82, 2.24) is 0 Å². The summed E-state index contributed by atoms with van der Waals surface area (Å²) in [6.07, 6.45) is 0. The minimum absolute atomic E-state index is 0.408. The maximum absolute atomic E-state index is 12.9. The van der Waals surface area contributed by atoms with Gasteiger partial charge in [0.25, 0.3) is 0 Å². The van der Waals surface area contributed by atoms with Gasteiger partial charge in [0.1, 0.15) is 0 Å². The zero-order chi connectivity index (χ0) is 15.1. The Morgan fingerprint density at radius 1 is 0.700 bits per heavy atom. The van der Waals surface area contributed by atoms with Crippen LogP contribution < -0.4 is 0 Å². The number of aryl methyl sites for hydroxylation is 4. The van der Waals surface area contributed by atoms with Gasteiger partial charge in [0.15, 0.2) is 0 Å². The van der Waals surface area contributed by atoms with Crippen LogP contribution in [0.25, 0.3) is 0 Å². The van der Waals surface area contributed by atoms with Gasteiger partial charge in [0.2, 0.25) is 9.84 Å². The second-order valence-electron chi connectivity index (χ2n) is 5.48. The summed E-state index contributed by atoms with van der Waals surface area (Å²) in [6, 6.07) is 9.32. The van der Waals surface area contributed by atoms with Crippen LogP contribution in [0.5, 0.6) is 0 Å². The van der Waals surface area contributed by atoms with Crippen molar-refractivity contribution < 1.29 is 8.42 Å². The van der Waals surface area contributed by atoms with Crippen LogP contribution in [-0.2, 0) is 9.84 Å². The largest absolute Gasteiger partial charge is 0.218 e. The molecule has 0 bridgehead atoms. The van der Waals surface area contributed by atoms with Crippen LogP contribution in [0, 0.1) is 34.6 Å². The highest BCUT2D eigenvalue weighted by Gasteiger charge is 2.23. The molecule has 106 valence electrons. The lowest BCUT2D eigenvalue weighted by Crippen LogP contribution is -2.08. The molecule has 2 nitrogen and oxygen atoms in total. The second-order valence-corrected chi connectivity index (χ2v) is 7.36. The molecule has 2 aromatic carbocycles. The quantitative estimate of drug-likeness (QED) is 0.835. The fourth-order valence-corrected chi connectivity index (χ4v) is 4.37. The number of benzene rings is 2. The summed E-state index contributed by atoms with van der Waals surface area (Å²) >= 11 is 0. The third kappa shape index (κ3) is 2.50. The first-order valence-corrected chi connectivity index (χ1v) is 8.12. The predicted molar refractivity (Wildman–Crippen MR) is 82.0 cm³/mol. The second kappa shape index (κ2) is 5.06. The van der Waals surface area contributed by atoms with E-state index in [1.807, 2.05) is 52.8 Å². The van der Waals surface area contributed by atoms with E-state index in [1.54, 1.807) is 12.1 Å². The molecule has 0 aliphatic rings. The highest BCUT2D eigenvalue weighted by atomic mass is 32.2. The van der Waals surface area contributed by atoms with E-state index in [4.69, 9.17) is 0 Å². The van der Waals surface area contributed by atoms with Gasteiger partial charge in [-0.05, 0) is 74.6 Å².